The van der Waals surface area contributed by atoms with E-state index in [-0.39, 0.29) is 10.5 Å². The normalized spacial score (nSPS) is 32.9. The molecule has 1 N–H and O–H groups in total. The smallest absolute Gasteiger partial charge is 0.253 e. The van der Waals surface area contributed by atoms with Gasteiger partial charge < -0.3 is 10.2 Å². The van der Waals surface area contributed by atoms with Crippen molar-refractivity contribution in [2.75, 3.05) is 19.5 Å². The van der Waals surface area contributed by atoms with Gasteiger partial charge >= 0.3 is 0 Å². The minimum atomic E-state index is -4.47. The first-order chi connectivity index (χ1) is 17.8. The fourth-order valence-electron chi connectivity index (χ4n) is 2.20. The van der Waals surface area contributed by atoms with E-state index in [1.807, 2.05) is 0 Å². The van der Waals surface area contributed by atoms with Gasteiger partial charge in [0.05, 0.1) is 10.7 Å². The first-order valence-corrected chi connectivity index (χ1v) is 8.44. The molecule has 1 atom stereocenters. The van der Waals surface area contributed by atoms with Crippen LogP contribution in [0.3, 0.4) is 0 Å². The van der Waals surface area contributed by atoms with Crippen LogP contribution in [0.4, 0.5) is 8.78 Å². The van der Waals surface area contributed by atoms with Crippen LogP contribution in [-0.4, -0.2) is 41.0 Å². The van der Waals surface area contributed by atoms with Crippen molar-refractivity contribution in [1.82, 2.24) is 15.2 Å². The number of carbonyl (C=O) groups is 1. The van der Waals surface area contributed by atoms with Gasteiger partial charge in [-0.3, -0.25) is 9.78 Å². The van der Waals surface area contributed by atoms with Gasteiger partial charge in [-0.25, -0.2) is 8.78 Å². The Bertz CT molecular complexity index is 1310. The highest BCUT2D eigenvalue weighted by Crippen LogP contribution is 2.27. The molecule has 1 unspecified atom stereocenters. The lowest BCUT2D eigenvalue weighted by Crippen LogP contribution is -2.48. The highest BCUT2D eigenvalue weighted by Gasteiger charge is 2.35. The molecule has 150 valence electrons. The largest absolute Gasteiger partial charge is 0.338 e. The SMILES string of the molecule is [2H]C([2H])(C)c1ccc(C([2H])([2H])NC([2H])([2H])C2(F)C([2H])([2H])CN(C(=O)c3ccc(F)c(Cl)c3)C([2H])([2H])C2([2H])[2H])nc1. The number of benzene rings is 1. The summed E-state index contributed by atoms with van der Waals surface area (Å²) in [6.07, 6.45) is -8.74. The second kappa shape index (κ2) is 8.97. The predicted molar refractivity (Wildman–Crippen MR) is 106 cm³/mol. The van der Waals surface area contributed by atoms with Gasteiger partial charge in [0.2, 0.25) is 0 Å². The number of halogens is 3. The van der Waals surface area contributed by atoms with E-state index < -0.39 is 78.8 Å². The Morgan fingerprint density at radius 1 is 1.43 bits per heavy atom. The number of aromatic nitrogens is 1. The molecule has 1 aliphatic rings. The van der Waals surface area contributed by atoms with Gasteiger partial charge in [-0.1, -0.05) is 24.6 Å². The number of aryl methyl sites for hydroxylation is 1. The number of rotatable bonds is 6. The molecular weight excluding hydrogens is 384 g/mol. The number of piperidine rings is 1. The molecule has 1 amide bonds. The van der Waals surface area contributed by atoms with Gasteiger partial charge in [0, 0.05) is 67.0 Å². The van der Waals surface area contributed by atoms with E-state index in [1.54, 1.807) is 5.32 Å². The van der Waals surface area contributed by atoms with Crippen molar-refractivity contribution < 1.29 is 30.0 Å². The minimum absolute atomic E-state index is 0.0120. The molecule has 7 heteroatoms. The summed E-state index contributed by atoms with van der Waals surface area (Å²) in [5.41, 5.74) is -5.49. The van der Waals surface area contributed by atoms with E-state index in [9.17, 15) is 9.18 Å². The molecule has 0 aliphatic carbocycles. The molecule has 1 fully saturated rings. The zero-order valence-corrected chi connectivity index (χ0v) is 15.4. The first kappa shape index (κ1) is 10.1. The second-order valence-electron chi connectivity index (χ2n) is 5.65. The molecule has 0 saturated carbocycles. The van der Waals surface area contributed by atoms with Crippen LogP contribution in [0.25, 0.3) is 0 Å². The molecule has 1 saturated heterocycles. The molecule has 1 aromatic carbocycles. The van der Waals surface area contributed by atoms with Gasteiger partial charge in [-0.15, -0.1) is 0 Å². The van der Waals surface area contributed by atoms with Crippen molar-refractivity contribution >= 4 is 17.5 Å². The number of hydrogen-bond acceptors (Lipinski definition) is 3. The van der Waals surface area contributed by atoms with E-state index in [1.165, 1.54) is 6.92 Å². The third kappa shape index (κ3) is 5.06. The molecule has 2 aromatic rings. The molecule has 4 nitrogen and oxygen atoms in total. The van der Waals surface area contributed by atoms with Crippen LogP contribution in [0.15, 0.2) is 36.5 Å². The molecule has 0 radical (unpaired) electrons. The molecule has 0 spiro atoms. The number of likely N-dealkylation sites (tertiary alicyclic amines) is 1. The van der Waals surface area contributed by atoms with E-state index in [0.29, 0.717) is 0 Å². The van der Waals surface area contributed by atoms with Crippen molar-refractivity contribution in [2.45, 2.75) is 38.2 Å². The molecule has 2 heterocycles. The Labute approximate surface area is 185 Å². The van der Waals surface area contributed by atoms with Crippen molar-refractivity contribution in [1.29, 1.82) is 0 Å². The number of nitrogens with one attached hydrogen (secondary N) is 1. The summed E-state index contributed by atoms with van der Waals surface area (Å²) in [4.78, 5) is 16.8. The van der Waals surface area contributed by atoms with Crippen molar-refractivity contribution in [3.8, 4) is 0 Å². The maximum atomic E-state index is 16.8. The van der Waals surface area contributed by atoms with Gasteiger partial charge in [0.15, 0.2) is 0 Å². The molecular formula is C21H24ClF2N3O. The number of pyridine rings is 1. The van der Waals surface area contributed by atoms with Crippen molar-refractivity contribution in [2.24, 2.45) is 0 Å². The van der Waals surface area contributed by atoms with Crippen LogP contribution < -0.4 is 5.32 Å². The summed E-state index contributed by atoms with van der Waals surface area (Å²) in [7, 11) is 0. The first-order valence-electron chi connectivity index (χ1n) is 14.1. The Balaban J connectivity index is 2.05. The summed E-state index contributed by atoms with van der Waals surface area (Å²) in [5.74, 6) is -2.31. The Hall–Kier alpha value is -2.05. The topological polar surface area (TPSA) is 45.2 Å². The number of alkyl halides is 1. The number of carbonyl (C=O) groups excluding carboxylic acids is 1. The lowest BCUT2D eigenvalue weighted by molar-refractivity contribution is 0.0434. The summed E-state index contributed by atoms with van der Waals surface area (Å²) < 4.78 is 128. The Morgan fingerprint density at radius 3 is 2.93 bits per heavy atom. The van der Waals surface area contributed by atoms with Crippen LogP contribution in [0.5, 0.6) is 0 Å². The summed E-state index contributed by atoms with van der Waals surface area (Å²) in [5, 5.41) is 1.03. The number of hydrogen-bond donors (Lipinski definition) is 1. The molecule has 28 heavy (non-hydrogen) atoms. The Kier molecular flexibility index (Phi) is 3.24. The Morgan fingerprint density at radius 2 is 2.25 bits per heavy atom. The van der Waals surface area contributed by atoms with Crippen LogP contribution in [0.2, 0.25) is 5.02 Å². The maximum Gasteiger partial charge on any atom is 0.253 e. The van der Waals surface area contributed by atoms with E-state index >= 15 is 4.39 Å². The number of nitrogens with zero attached hydrogens (tertiary/aromatic N) is 2. The van der Waals surface area contributed by atoms with Gasteiger partial charge in [0.25, 0.3) is 5.91 Å². The van der Waals surface area contributed by atoms with Crippen LogP contribution >= 0.6 is 11.6 Å². The molecule has 1 aromatic heterocycles. The van der Waals surface area contributed by atoms with Crippen molar-refractivity contribution in [3.05, 3.63) is 64.2 Å². The summed E-state index contributed by atoms with van der Waals surface area (Å²) in [6.45, 7) is -11.1. The van der Waals surface area contributed by atoms with E-state index in [4.69, 9.17) is 28.1 Å². The number of amides is 1. The predicted octanol–water partition coefficient (Wildman–Crippen LogP) is 4.17. The zero-order valence-electron chi connectivity index (χ0n) is 26.6. The standard InChI is InChI=1S/C21H24ClF2N3O/c1-2-15-3-5-17(26-12-15)13-25-14-21(24)7-9-27(10-8-21)20(28)16-4-6-19(23)18(22)11-16/h3-6,11-12,25H,2,7-10,13-14H2,1H3/i2D2,7D2,8D2,9D2,13D2,14D2. The summed E-state index contributed by atoms with van der Waals surface area (Å²) in [6, 6.07) is 4.54. The molecule has 3 rings (SSSR count). The highest BCUT2D eigenvalue weighted by molar-refractivity contribution is 6.31. The molecule has 0 bridgehead atoms. The fraction of sp³-hybridized carbons (Fsp3) is 0.429. The van der Waals surface area contributed by atoms with Gasteiger partial charge in [-0.05, 0) is 36.2 Å². The average Bonchev–Trinajstić information content (AvgIpc) is 2.81. The van der Waals surface area contributed by atoms with Crippen LogP contribution in [0, 0.1) is 5.82 Å². The third-order valence-corrected chi connectivity index (χ3v) is 4.02. The molecule has 1 aliphatic heterocycles. The van der Waals surface area contributed by atoms with Crippen LogP contribution in [-0.2, 0) is 12.9 Å². The highest BCUT2D eigenvalue weighted by atomic mass is 35.5. The quantitative estimate of drug-likeness (QED) is 0.764. The second-order valence-corrected chi connectivity index (χ2v) is 6.06. The van der Waals surface area contributed by atoms with Gasteiger partial charge in [-0.2, -0.15) is 0 Å². The fourth-order valence-corrected chi connectivity index (χ4v) is 2.38. The van der Waals surface area contributed by atoms with Crippen molar-refractivity contribution in [3.63, 3.8) is 0 Å². The van der Waals surface area contributed by atoms with Gasteiger partial charge in [0.1, 0.15) is 11.5 Å². The van der Waals surface area contributed by atoms with E-state index in [2.05, 4.69) is 4.98 Å². The zero-order chi connectivity index (χ0) is 30.9. The maximum absolute atomic E-state index is 16.8. The van der Waals surface area contributed by atoms with E-state index in [0.717, 1.165) is 36.5 Å². The monoisotopic (exact) mass is 419 g/mol. The summed E-state index contributed by atoms with van der Waals surface area (Å²) >= 11 is 5.66. The van der Waals surface area contributed by atoms with Crippen LogP contribution in [0.1, 0.15) is 57.7 Å². The average molecular weight is 420 g/mol. The third-order valence-electron chi connectivity index (χ3n) is 3.73. The minimum Gasteiger partial charge on any atom is -0.338 e. The lowest BCUT2D eigenvalue weighted by atomic mass is 9.92. The lowest BCUT2D eigenvalue weighted by Gasteiger charge is -2.36.